The van der Waals surface area contributed by atoms with Gasteiger partial charge in [-0.15, -0.1) is 11.3 Å². The maximum atomic E-state index is 4.70. The maximum absolute atomic E-state index is 4.70. The summed E-state index contributed by atoms with van der Waals surface area (Å²) in [5.74, 6) is 0. The minimum atomic E-state index is 0.743. The molecule has 0 fully saturated rings. The Labute approximate surface area is 64.0 Å². The van der Waals surface area contributed by atoms with Crippen LogP contribution in [0.5, 0.6) is 0 Å². The fourth-order valence-corrected chi connectivity index (χ4v) is 1.34. The van der Waals surface area contributed by atoms with Gasteiger partial charge in [0.2, 0.25) is 0 Å². The quantitative estimate of drug-likeness (QED) is 0.669. The van der Waals surface area contributed by atoms with Gasteiger partial charge in [-0.05, 0) is 6.92 Å². The van der Waals surface area contributed by atoms with E-state index in [2.05, 4.69) is 10.5 Å². The van der Waals surface area contributed by atoms with Gasteiger partial charge in [0.15, 0.2) is 0 Å². The highest BCUT2D eigenvalue weighted by atomic mass is 32.1. The van der Waals surface area contributed by atoms with Crippen molar-refractivity contribution in [3.05, 3.63) is 16.1 Å². The summed E-state index contributed by atoms with van der Waals surface area (Å²) < 4.78 is 0. The third kappa shape index (κ3) is 1.76. The van der Waals surface area contributed by atoms with E-state index in [9.17, 15) is 0 Å². The van der Waals surface area contributed by atoms with Crippen LogP contribution in [0.4, 0.5) is 0 Å². The first-order valence-electron chi connectivity index (χ1n) is 2.99. The summed E-state index contributed by atoms with van der Waals surface area (Å²) in [6, 6.07) is 0. The number of aryl methyl sites for hydroxylation is 1. The average Bonchev–Trinajstić information content (AvgIpc) is 2.31. The molecule has 0 radical (unpaired) electrons. The standard InChI is InChI=1S/C6H10N2OS/c1-5-6(3-8-9-2)10-4-7-5/h4,8H,3H2,1-2H3. The molecule has 0 aliphatic carbocycles. The molecule has 10 heavy (non-hydrogen) atoms. The molecular weight excluding hydrogens is 148 g/mol. The number of nitrogens with zero attached hydrogens (tertiary/aromatic N) is 1. The molecule has 0 amide bonds. The number of hydrogen-bond acceptors (Lipinski definition) is 4. The summed E-state index contributed by atoms with van der Waals surface area (Å²) in [7, 11) is 1.61. The van der Waals surface area contributed by atoms with E-state index in [1.54, 1.807) is 18.4 Å². The molecule has 0 aromatic carbocycles. The lowest BCUT2D eigenvalue weighted by atomic mass is 10.4. The molecule has 0 saturated carbocycles. The van der Waals surface area contributed by atoms with Gasteiger partial charge in [0.1, 0.15) is 0 Å². The van der Waals surface area contributed by atoms with Crippen molar-refractivity contribution in [1.82, 2.24) is 10.5 Å². The van der Waals surface area contributed by atoms with Crippen LogP contribution in [0.2, 0.25) is 0 Å². The van der Waals surface area contributed by atoms with Gasteiger partial charge in [0.25, 0.3) is 0 Å². The summed E-state index contributed by atoms with van der Waals surface area (Å²) in [5, 5.41) is 0. The molecular formula is C6H10N2OS. The largest absolute Gasteiger partial charge is 0.305 e. The summed E-state index contributed by atoms with van der Waals surface area (Å²) in [5.41, 5.74) is 5.68. The molecule has 1 N–H and O–H groups in total. The van der Waals surface area contributed by atoms with Crippen LogP contribution in [-0.2, 0) is 11.4 Å². The van der Waals surface area contributed by atoms with Crippen LogP contribution in [0.25, 0.3) is 0 Å². The molecule has 0 atom stereocenters. The molecule has 0 aliphatic rings. The van der Waals surface area contributed by atoms with E-state index in [0.29, 0.717) is 0 Å². The monoisotopic (exact) mass is 158 g/mol. The summed E-state index contributed by atoms with van der Waals surface area (Å²) in [6.07, 6.45) is 0. The lowest BCUT2D eigenvalue weighted by Crippen LogP contribution is -2.10. The Hall–Kier alpha value is -0.450. The lowest BCUT2D eigenvalue weighted by Gasteiger charge is -1.97. The lowest BCUT2D eigenvalue weighted by molar-refractivity contribution is 0.0872. The third-order valence-corrected chi connectivity index (χ3v) is 2.16. The third-order valence-electron chi connectivity index (χ3n) is 1.22. The van der Waals surface area contributed by atoms with Gasteiger partial charge in [-0.1, -0.05) is 0 Å². The van der Waals surface area contributed by atoms with Gasteiger partial charge in [-0.3, -0.25) is 0 Å². The van der Waals surface area contributed by atoms with E-state index < -0.39 is 0 Å². The minimum absolute atomic E-state index is 0.743. The highest BCUT2D eigenvalue weighted by molar-refractivity contribution is 7.09. The summed E-state index contributed by atoms with van der Waals surface area (Å²) in [4.78, 5) is 10.0. The topological polar surface area (TPSA) is 34.1 Å². The molecule has 1 heterocycles. The molecule has 0 unspecified atom stereocenters. The van der Waals surface area contributed by atoms with Crippen LogP contribution in [0, 0.1) is 6.92 Å². The second kappa shape index (κ2) is 3.65. The van der Waals surface area contributed by atoms with E-state index in [-0.39, 0.29) is 0 Å². The molecule has 1 rings (SSSR count). The van der Waals surface area contributed by atoms with E-state index >= 15 is 0 Å². The molecule has 56 valence electrons. The second-order valence-electron chi connectivity index (χ2n) is 1.89. The Kier molecular flexibility index (Phi) is 2.80. The molecule has 0 aliphatic heterocycles. The Morgan fingerprint density at radius 2 is 2.60 bits per heavy atom. The Morgan fingerprint density at radius 3 is 3.10 bits per heavy atom. The first-order chi connectivity index (χ1) is 4.84. The molecule has 1 aromatic rings. The van der Waals surface area contributed by atoms with Gasteiger partial charge in [-0.2, -0.15) is 5.48 Å². The van der Waals surface area contributed by atoms with Crippen LogP contribution in [0.3, 0.4) is 0 Å². The fraction of sp³-hybridized carbons (Fsp3) is 0.500. The molecule has 1 aromatic heterocycles. The van der Waals surface area contributed by atoms with Crippen LogP contribution in [0.15, 0.2) is 5.51 Å². The van der Waals surface area contributed by atoms with E-state index in [4.69, 9.17) is 4.84 Å². The number of hydroxylamine groups is 1. The first-order valence-corrected chi connectivity index (χ1v) is 3.87. The van der Waals surface area contributed by atoms with E-state index in [0.717, 1.165) is 12.2 Å². The zero-order valence-electron chi connectivity index (χ0n) is 6.05. The van der Waals surface area contributed by atoms with E-state index in [1.165, 1.54) is 4.88 Å². The number of rotatable bonds is 3. The summed E-state index contributed by atoms with van der Waals surface area (Å²) in [6.45, 7) is 2.73. The van der Waals surface area contributed by atoms with Gasteiger partial charge >= 0.3 is 0 Å². The predicted octanol–water partition coefficient (Wildman–Crippen LogP) is 1.10. The Balaban J connectivity index is 2.49. The SMILES string of the molecule is CONCc1scnc1C. The fourth-order valence-electron chi connectivity index (χ4n) is 0.634. The number of nitrogens with one attached hydrogen (secondary N) is 1. The molecule has 4 heteroatoms. The predicted molar refractivity (Wildman–Crippen MR) is 40.7 cm³/mol. The minimum Gasteiger partial charge on any atom is -0.305 e. The normalized spacial score (nSPS) is 10.2. The maximum Gasteiger partial charge on any atom is 0.0798 e. The highest BCUT2D eigenvalue weighted by Gasteiger charge is 1.98. The van der Waals surface area contributed by atoms with Gasteiger partial charge in [0, 0.05) is 4.88 Å². The second-order valence-corrected chi connectivity index (χ2v) is 2.83. The van der Waals surface area contributed by atoms with Gasteiger partial charge < -0.3 is 4.84 Å². The number of hydrogen-bond donors (Lipinski definition) is 1. The Bertz CT molecular complexity index is 199. The zero-order valence-corrected chi connectivity index (χ0v) is 6.86. The van der Waals surface area contributed by atoms with Crippen molar-refractivity contribution >= 4 is 11.3 Å². The average molecular weight is 158 g/mol. The zero-order chi connectivity index (χ0) is 7.40. The van der Waals surface area contributed by atoms with Gasteiger partial charge in [0.05, 0.1) is 24.9 Å². The summed E-state index contributed by atoms with van der Waals surface area (Å²) >= 11 is 1.64. The van der Waals surface area contributed by atoms with Crippen LogP contribution in [-0.4, -0.2) is 12.1 Å². The van der Waals surface area contributed by atoms with Crippen molar-refractivity contribution < 1.29 is 4.84 Å². The van der Waals surface area contributed by atoms with Crippen molar-refractivity contribution in [3.8, 4) is 0 Å². The van der Waals surface area contributed by atoms with Crippen molar-refractivity contribution in [2.24, 2.45) is 0 Å². The molecule has 0 bridgehead atoms. The highest BCUT2D eigenvalue weighted by Crippen LogP contribution is 2.10. The van der Waals surface area contributed by atoms with Crippen LogP contribution >= 0.6 is 11.3 Å². The van der Waals surface area contributed by atoms with Crippen molar-refractivity contribution in [1.29, 1.82) is 0 Å². The van der Waals surface area contributed by atoms with Crippen LogP contribution < -0.4 is 5.48 Å². The Morgan fingerprint density at radius 1 is 1.80 bits per heavy atom. The first kappa shape index (κ1) is 7.65. The smallest absolute Gasteiger partial charge is 0.0798 e. The molecule has 0 saturated heterocycles. The number of aromatic nitrogens is 1. The van der Waals surface area contributed by atoms with Crippen LogP contribution in [0.1, 0.15) is 10.6 Å². The van der Waals surface area contributed by atoms with E-state index in [1.807, 2.05) is 12.4 Å². The number of thiazole rings is 1. The van der Waals surface area contributed by atoms with Crippen molar-refractivity contribution in [2.45, 2.75) is 13.5 Å². The van der Waals surface area contributed by atoms with Crippen molar-refractivity contribution in [2.75, 3.05) is 7.11 Å². The van der Waals surface area contributed by atoms with Gasteiger partial charge in [-0.25, -0.2) is 4.98 Å². The van der Waals surface area contributed by atoms with Crippen molar-refractivity contribution in [3.63, 3.8) is 0 Å². The molecule has 0 spiro atoms. The molecule has 3 nitrogen and oxygen atoms in total.